The van der Waals surface area contributed by atoms with Crippen LogP contribution >= 0.6 is 11.8 Å². The second kappa shape index (κ2) is 8.61. The molecule has 7 nitrogen and oxygen atoms in total. The van der Waals surface area contributed by atoms with E-state index in [1.54, 1.807) is 18.2 Å². The maximum atomic E-state index is 13.5. The second-order valence-electron chi connectivity index (χ2n) is 7.61. The minimum absolute atomic E-state index is 0.0792. The minimum Gasteiger partial charge on any atom is -0.493 e. The number of imide groups is 1. The number of hydrogen-bond acceptors (Lipinski definition) is 7. The summed E-state index contributed by atoms with van der Waals surface area (Å²) in [4.78, 5) is 27.5. The van der Waals surface area contributed by atoms with Crippen molar-refractivity contribution < 1.29 is 32.2 Å². The number of fused-ring (bicyclic) bond motifs is 1. The lowest BCUT2D eigenvalue weighted by molar-refractivity contribution is -0.137. The van der Waals surface area contributed by atoms with Crippen LogP contribution in [-0.4, -0.2) is 31.3 Å². The molecule has 0 saturated carbocycles. The van der Waals surface area contributed by atoms with Crippen LogP contribution in [0.25, 0.3) is 0 Å². The number of alkyl halides is 3. The van der Waals surface area contributed by atoms with Crippen molar-refractivity contribution in [3.8, 4) is 17.6 Å². The fourth-order valence-electron chi connectivity index (χ4n) is 4.26. The van der Waals surface area contributed by atoms with E-state index in [-0.39, 0.29) is 16.3 Å². The Hall–Kier alpha value is -3.65. The Labute approximate surface area is 196 Å². The molecule has 2 N–H and O–H groups in total. The Morgan fingerprint density at radius 1 is 1.06 bits per heavy atom. The second-order valence-corrected chi connectivity index (χ2v) is 8.79. The number of rotatable bonds is 4. The first kappa shape index (κ1) is 23.5. The Morgan fingerprint density at radius 2 is 1.76 bits per heavy atom. The van der Waals surface area contributed by atoms with E-state index in [2.05, 4.69) is 0 Å². The molecule has 34 heavy (non-hydrogen) atoms. The largest absolute Gasteiger partial charge is 0.493 e. The number of amides is 2. The van der Waals surface area contributed by atoms with Gasteiger partial charge in [0.05, 0.1) is 48.1 Å². The predicted molar refractivity (Wildman–Crippen MR) is 118 cm³/mol. The van der Waals surface area contributed by atoms with Crippen LogP contribution in [-0.2, 0) is 15.8 Å². The van der Waals surface area contributed by atoms with Gasteiger partial charge in [0.25, 0.3) is 0 Å². The van der Waals surface area contributed by atoms with Gasteiger partial charge in [0.2, 0.25) is 11.8 Å². The number of anilines is 1. The van der Waals surface area contributed by atoms with Crippen molar-refractivity contribution >= 4 is 29.3 Å². The molecule has 2 aromatic carbocycles. The van der Waals surface area contributed by atoms with Crippen molar-refractivity contribution in [1.82, 2.24) is 0 Å². The number of allylic oxidation sites excluding steroid dienone is 1. The highest BCUT2D eigenvalue weighted by atomic mass is 32.2. The molecule has 0 spiro atoms. The number of hydrogen-bond donors (Lipinski definition) is 1. The van der Waals surface area contributed by atoms with Gasteiger partial charge in [-0.25, -0.2) is 4.90 Å². The lowest BCUT2D eigenvalue weighted by Gasteiger charge is -2.31. The fourth-order valence-corrected chi connectivity index (χ4v) is 5.46. The molecule has 1 saturated heterocycles. The Bertz CT molecular complexity index is 1250. The van der Waals surface area contributed by atoms with Crippen molar-refractivity contribution in [2.45, 2.75) is 17.3 Å². The zero-order chi connectivity index (χ0) is 24.8. The normalized spacial score (nSPS) is 22.5. The van der Waals surface area contributed by atoms with Crippen molar-refractivity contribution in [1.29, 1.82) is 5.26 Å². The van der Waals surface area contributed by atoms with Crippen LogP contribution in [0.4, 0.5) is 18.9 Å². The highest BCUT2D eigenvalue weighted by Crippen LogP contribution is 2.51. The third kappa shape index (κ3) is 3.74. The molecule has 2 heterocycles. The van der Waals surface area contributed by atoms with Gasteiger partial charge >= 0.3 is 6.18 Å². The number of thioether (sulfide) groups is 1. The highest BCUT2D eigenvalue weighted by molar-refractivity contribution is 8.04. The van der Waals surface area contributed by atoms with Gasteiger partial charge in [-0.05, 0) is 35.9 Å². The number of carbonyl (C=O) groups excluding carboxylic acids is 2. The molecule has 4 rings (SSSR count). The Morgan fingerprint density at radius 3 is 2.38 bits per heavy atom. The maximum Gasteiger partial charge on any atom is 0.416 e. The number of ether oxygens (including phenoxy) is 2. The standard InChI is InChI=1S/C23H18F3N3O4S/c1-32-15-7-6-11(8-16(15)33-2)17-14(10-27)20(28)34-19-18(17)21(30)29(22(19)31)13-5-3-4-12(9-13)23(24,25)26/h3-9,17-19H,28H2,1-2H3/t17-,18-,19-/m1/s1. The summed E-state index contributed by atoms with van der Waals surface area (Å²) in [5.74, 6) is -2.58. The molecule has 0 aromatic heterocycles. The van der Waals surface area contributed by atoms with E-state index in [1.165, 1.54) is 20.3 Å². The van der Waals surface area contributed by atoms with Crippen LogP contribution in [0.1, 0.15) is 17.0 Å². The molecule has 2 aromatic rings. The van der Waals surface area contributed by atoms with Gasteiger partial charge in [0.15, 0.2) is 11.5 Å². The average molecular weight is 489 g/mol. The minimum atomic E-state index is -4.65. The highest BCUT2D eigenvalue weighted by Gasteiger charge is 2.56. The monoisotopic (exact) mass is 489 g/mol. The summed E-state index contributed by atoms with van der Waals surface area (Å²) in [5, 5.41) is 8.89. The third-order valence-electron chi connectivity index (χ3n) is 5.80. The molecule has 3 atom stereocenters. The van der Waals surface area contributed by atoms with E-state index < -0.39 is 40.6 Å². The van der Waals surface area contributed by atoms with Crippen LogP contribution < -0.4 is 20.1 Å². The average Bonchev–Trinajstić information content (AvgIpc) is 3.06. The molecule has 1 fully saturated rings. The van der Waals surface area contributed by atoms with Gasteiger partial charge in [-0.1, -0.05) is 23.9 Å². The molecule has 176 valence electrons. The van der Waals surface area contributed by atoms with Gasteiger partial charge in [-0.3, -0.25) is 9.59 Å². The maximum absolute atomic E-state index is 13.5. The number of halogens is 3. The van der Waals surface area contributed by atoms with Gasteiger partial charge in [0, 0.05) is 5.92 Å². The van der Waals surface area contributed by atoms with E-state index in [4.69, 9.17) is 15.2 Å². The Kier molecular flexibility index (Phi) is 5.95. The topological polar surface area (TPSA) is 106 Å². The van der Waals surface area contributed by atoms with Crippen molar-refractivity contribution in [3.05, 3.63) is 64.2 Å². The zero-order valence-corrected chi connectivity index (χ0v) is 18.7. The molecule has 2 amide bonds. The van der Waals surface area contributed by atoms with Crippen LogP contribution in [0.3, 0.4) is 0 Å². The summed E-state index contributed by atoms with van der Waals surface area (Å²) in [6.45, 7) is 0. The molecule has 0 radical (unpaired) electrons. The lowest BCUT2D eigenvalue weighted by atomic mass is 9.79. The first-order valence-corrected chi connectivity index (χ1v) is 10.8. The van der Waals surface area contributed by atoms with Crippen LogP contribution in [0, 0.1) is 17.2 Å². The van der Waals surface area contributed by atoms with Crippen molar-refractivity contribution in [2.24, 2.45) is 11.7 Å². The fraction of sp³-hybridized carbons (Fsp3) is 0.261. The molecule has 11 heteroatoms. The third-order valence-corrected chi connectivity index (χ3v) is 7.03. The zero-order valence-electron chi connectivity index (χ0n) is 17.9. The number of methoxy groups -OCH3 is 2. The Balaban J connectivity index is 1.83. The van der Waals surface area contributed by atoms with Gasteiger partial charge in [-0.15, -0.1) is 0 Å². The number of nitrogens with zero attached hydrogens (tertiary/aromatic N) is 2. The van der Waals surface area contributed by atoms with Gasteiger partial charge < -0.3 is 15.2 Å². The smallest absolute Gasteiger partial charge is 0.416 e. The van der Waals surface area contributed by atoms with Gasteiger partial charge in [-0.2, -0.15) is 18.4 Å². The molecule has 0 unspecified atom stereocenters. The van der Waals surface area contributed by atoms with Crippen LogP contribution in [0.5, 0.6) is 11.5 Å². The molecule has 0 aliphatic carbocycles. The van der Waals surface area contributed by atoms with Crippen LogP contribution in [0.2, 0.25) is 0 Å². The van der Waals surface area contributed by atoms with E-state index >= 15 is 0 Å². The summed E-state index contributed by atoms with van der Waals surface area (Å²) in [7, 11) is 2.88. The summed E-state index contributed by atoms with van der Waals surface area (Å²) in [6, 6.07) is 10.9. The number of nitriles is 1. The van der Waals surface area contributed by atoms with E-state index in [9.17, 15) is 28.0 Å². The van der Waals surface area contributed by atoms with E-state index in [0.717, 1.165) is 34.9 Å². The van der Waals surface area contributed by atoms with Gasteiger partial charge in [0.1, 0.15) is 5.25 Å². The first-order valence-electron chi connectivity index (χ1n) is 9.95. The number of benzene rings is 2. The summed E-state index contributed by atoms with van der Waals surface area (Å²) >= 11 is 0.870. The molecule has 2 aliphatic heterocycles. The molecular formula is C23H18F3N3O4S. The quantitative estimate of drug-likeness (QED) is 0.651. The van der Waals surface area contributed by atoms with Crippen molar-refractivity contribution in [3.63, 3.8) is 0 Å². The summed E-state index contributed by atoms with van der Waals surface area (Å²) < 4.78 is 50.3. The number of nitrogens with two attached hydrogens (primary N) is 1. The first-order chi connectivity index (χ1) is 16.1. The molecule has 0 bridgehead atoms. The lowest BCUT2D eigenvalue weighted by Crippen LogP contribution is -2.33. The SMILES string of the molecule is COc1ccc([C@@H]2C(C#N)=C(N)S[C@H]3C(=O)N(c4cccc(C(F)(F)F)c4)C(=O)[C@@H]32)cc1OC. The molecule has 2 aliphatic rings. The summed E-state index contributed by atoms with van der Waals surface area (Å²) in [5.41, 5.74) is 5.52. The summed E-state index contributed by atoms with van der Waals surface area (Å²) in [6.07, 6.45) is -4.65. The van der Waals surface area contributed by atoms with Crippen molar-refractivity contribution in [2.75, 3.05) is 19.1 Å². The van der Waals surface area contributed by atoms with E-state index in [1.807, 2.05) is 6.07 Å². The van der Waals surface area contributed by atoms with Crippen LogP contribution in [0.15, 0.2) is 53.1 Å². The molecular weight excluding hydrogens is 471 g/mol. The number of carbonyl (C=O) groups is 2. The predicted octanol–water partition coefficient (Wildman–Crippen LogP) is 3.81. The van der Waals surface area contributed by atoms with E-state index in [0.29, 0.717) is 17.1 Å².